The van der Waals surface area contributed by atoms with Gasteiger partial charge in [-0.1, -0.05) is 48.5 Å². The number of hydrogen-bond donors (Lipinski definition) is 5. The Bertz CT molecular complexity index is 2840. The maximum Gasteiger partial charge on any atom is 0.116 e. The summed E-state index contributed by atoms with van der Waals surface area (Å²) >= 11 is 0. The first-order valence-electron chi connectivity index (χ1n) is 17.1. The third-order valence-electron chi connectivity index (χ3n) is 9.62. The van der Waals surface area contributed by atoms with E-state index in [1.807, 2.05) is 84.4 Å². The van der Waals surface area contributed by atoms with E-state index in [1.165, 1.54) is 0 Å². The molecule has 0 spiro atoms. The van der Waals surface area contributed by atoms with Crippen LogP contribution < -0.4 is 10.7 Å². The number of hydrogen-bond acceptors (Lipinski definition) is 6. The first-order chi connectivity index (χ1) is 25.8. The van der Waals surface area contributed by atoms with Gasteiger partial charge in [0.15, 0.2) is 0 Å². The topological polar surface area (TPSA) is 126 Å². The normalized spacial score (nSPS) is 15.0. The van der Waals surface area contributed by atoms with E-state index in [4.69, 9.17) is 9.98 Å². The van der Waals surface area contributed by atoms with E-state index >= 15 is 0 Å². The van der Waals surface area contributed by atoms with Gasteiger partial charge in [0.25, 0.3) is 0 Å². The van der Waals surface area contributed by atoms with E-state index in [2.05, 4.69) is 17.2 Å². The van der Waals surface area contributed by atoms with Gasteiger partial charge in [-0.2, -0.15) is 0 Å². The van der Waals surface area contributed by atoms with Gasteiger partial charge < -0.3 is 30.0 Å². The van der Waals surface area contributed by atoms with Gasteiger partial charge in [0.05, 0.1) is 28.5 Å². The average molecular weight is 693 g/mol. The van der Waals surface area contributed by atoms with Crippen LogP contribution in [0.1, 0.15) is 33.5 Å². The number of H-pyrrole nitrogens is 1. The second-order valence-electron chi connectivity index (χ2n) is 13.1. The van der Waals surface area contributed by atoms with Crippen LogP contribution in [0.5, 0.6) is 23.0 Å². The van der Waals surface area contributed by atoms with Gasteiger partial charge in [0.1, 0.15) is 23.0 Å². The molecule has 0 fully saturated rings. The minimum Gasteiger partial charge on any atom is -0.508 e. The molecule has 3 aliphatic heterocycles. The Hall–Kier alpha value is -7.32. The molecule has 3 aliphatic rings. The molecule has 6 aromatic rings. The molecule has 256 valence electrons. The van der Waals surface area contributed by atoms with Gasteiger partial charge in [0.2, 0.25) is 0 Å². The van der Waals surface area contributed by atoms with Crippen molar-refractivity contribution in [2.24, 2.45) is 17.0 Å². The maximum absolute atomic E-state index is 10.6. The molecule has 5 heterocycles. The van der Waals surface area contributed by atoms with E-state index in [-0.39, 0.29) is 23.0 Å². The molecular formula is C45H32N4O4. The fourth-order valence-corrected chi connectivity index (χ4v) is 7.34. The number of phenols is 4. The molecule has 0 atom stereocenters. The number of nitrogens with one attached hydrogen (secondary N) is 1. The third-order valence-corrected chi connectivity index (χ3v) is 9.62. The Morgan fingerprint density at radius 1 is 0.453 bits per heavy atom. The molecule has 8 heteroatoms. The van der Waals surface area contributed by atoms with Crippen LogP contribution in [0.2, 0.25) is 0 Å². The highest BCUT2D eigenvalue weighted by molar-refractivity contribution is 6.35. The number of rotatable bonds is 4. The lowest BCUT2D eigenvalue weighted by Crippen LogP contribution is -2.19. The van der Waals surface area contributed by atoms with Gasteiger partial charge in [-0.3, -0.25) is 0 Å². The Kier molecular flexibility index (Phi) is 7.45. The smallest absolute Gasteiger partial charge is 0.116 e. The summed E-state index contributed by atoms with van der Waals surface area (Å²) in [6.07, 6.45) is 9.87. The van der Waals surface area contributed by atoms with Crippen molar-refractivity contribution in [2.75, 3.05) is 0 Å². The number of benzene rings is 4. The summed E-state index contributed by atoms with van der Waals surface area (Å²) in [4.78, 5) is 14.1. The SMILES string of the molecule is Cn1cc2cc1C(c1cccc(O)c1)=C1C=CC(=N1)C(c1cccc(O)c1)=C1C=CC(=N1)C(c1cccc(O)c1)=c1ccc([nH]1)=C2c1cccc(O)c1. The molecule has 0 radical (unpaired) electrons. The van der Waals surface area contributed by atoms with E-state index in [9.17, 15) is 20.4 Å². The van der Waals surface area contributed by atoms with Gasteiger partial charge in [-0.25, -0.2) is 9.98 Å². The zero-order valence-corrected chi connectivity index (χ0v) is 28.5. The molecule has 4 aromatic carbocycles. The molecule has 9 rings (SSSR count). The Balaban J connectivity index is 1.44. The van der Waals surface area contributed by atoms with Crippen LogP contribution in [0.15, 0.2) is 167 Å². The molecule has 8 bridgehead atoms. The number of aliphatic imine (C=N–C) groups is 2. The fourth-order valence-electron chi connectivity index (χ4n) is 7.34. The molecule has 0 aliphatic carbocycles. The zero-order valence-electron chi connectivity index (χ0n) is 28.5. The van der Waals surface area contributed by atoms with Crippen molar-refractivity contribution in [3.8, 4) is 23.0 Å². The van der Waals surface area contributed by atoms with Crippen LogP contribution in [0.25, 0.3) is 22.3 Å². The lowest BCUT2D eigenvalue weighted by atomic mass is 9.96. The summed E-state index contributed by atoms with van der Waals surface area (Å²) in [5, 5.41) is 44.0. The van der Waals surface area contributed by atoms with E-state index in [0.717, 1.165) is 66.5 Å². The zero-order chi connectivity index (χ0) is 36.2. The molecule has 5 N–H and O–H groups in total. The van der Waals surface area contributed by atoms with Crippen LogP contribution in [0.3, 0.4) is 0 Å². The predicted octanol–water partition coefficient (Wildman–Crippen LogP) is 6.83. The molecular weight excluding hydrogens is 661 g/mol. The van der Waals surface area contributed by atoms with Crippen molar-refractivity contribution >= 4 is 33.7 Å². The largest absolute Gasteiger partial charge is 0.508 e. The Morgan fingerprint density at radius 2 is 0.887 bits per heavy atom. The predicted molar refractivity (Wildman–Crippen MR) is 208 cm³/mol. The van der Waals surface area contributed by atoms with E-state index in [1.54, 1.807) is 60.7 Å². The fraction of sp³-hybridized carbons (Fsp3) is 0.0222. The number of phenolic OH excluding ortho intramolecular Hbond substituents is 4. The Labute approximate surface area is 304 Å². The minimum atomic E-state index is 0.119. The lowest BCUT2D eigenvalue weighted by Gasteiger charge is -2.13. The third kappa shape index (κ3) is 5.68. The van der Waals surface area contributed by atoms with Gasteiger partial charge >= 0.3 is 0 Å². The number of aryl methyl sites for hydroxylation is 1. The number of allylic oxidation sites excluding steroid dienone is 5. The number of aromatic nitrogens is 2. The maximum atomic E-state index is 10.6. The van der Waals surface area contributed by atoms with Crippen molar-refractivity contribution in [3.63, 3.8) is 0 Å². The molecule has 0 unspecified atom stereocenters. The molecule has 0 amide bonds. The van der Waals surface area contributed by atoms with E-state index in [0.29, 0.717) is 22.8 Å². The second kappa shape index (κ2) is 12.5. The quantitative estimate of drug-likeness (QED) is 0.139. The second-order valence-corrected chi connectivity index (χ2v) is 13.1. The minimum absolute atomic E-state index is 0.119. The molecule has 53 heavy (non-hydrogen) atoms. The van der Waals surface area contributed by atoms with Crippen LogP contribution >= 0.6 is 0 Å². The first-order valence-corrected chi connectivity index (χ1v) is 17.1. The van der Waals surface area contributed by atoms with Crippen molar-refractivity contribution in [1.82, 2.24) is 9.55 Å². The van der Waals surface area contributed by atoms with Crippen LogP contribution in [0.4, 0.5) is 0 Å². The Morgan fingerprint density at radius 3 is 1.42 bits per heavy atom. The number of aromatic hydroxyl groups is 4. The molecule has 8 nitrogen and oxygen atoms in total. The average Bonchev–Trinajstić information content (AvgIpc) is 3.96. The summed E-state index contributed by atoms with van der Waals surface area (Å²) in [5.74, 6) is 0.524. The summed E-state index contributed by atoms with van der Waals surface area (Å²) in [6, 6.07) is 34.6. The highest BCUT2D eigenvalue weighted by Crippen LogP contribution is 2.38. The van der Waals surface area contributed by atoms with Crippen LogP contribution in [-0.4, -0.2) is 41.4 Å². The van der Waals surface area contributed by atoms with Gasteiger partial charge in [0, 0.05) is 51.8 Å². The highest BCUT2D eigenvalue weighted by Gasteiger charge is 2.25. The summed E-state index contributed by atoms with van der Waals surface area (Å²) < 4.78 is 2.04. The number of nitrogens with zero attached hydrogens (tertiary/aromatic N) is 3. The van der Waals surface area contributed by atoms with Crippen molar-refractivity contribution in [2.45, 2.75) is 0 Å². The summed E-state index contributed by atoms with van der Waals surface area (Å²) in [6.45, 7) is 0. The summed E-state index contributed by atoms with van der Waals surface area (Å²) in [7, 11) is 1.98. The standard InChI is InChI=1S/C45H32N4O4/c1-49-25-30-24-41(49)45(29-9-5-13-34(53)23-29)40-19-18-39(48-40)44(28-8-4-12-33(52)22-28)38-17-16-37(47-38)43(27-7-3-11-32(51)21-27)36-15-14-35(46-36)42(30)26-6-2-10-31(50)20-26/h2-25,46,50-53H,1H3. The van der Waals surface area contributed by atoms with Crippen molar-refractivity contribution < 1.29 is 20.4 Å². The number of aromatic amines is 1. The lowest BCUT2D eigenvalue weighted by molar-refractivity contribution is 0.474. The van der Waals surface area contributed by atoms with E-state index < -0.39 is 0 Å². The molecule has 2 aromatic heterocycles. The molecule has 0 saturated carbocycles. The first kappa shape index (κ1) is 31.6. The van der Waals surface area contributed by atoms with Crippen LogP contribution in [0, 0.1) is 0 Å². The summed E-state index contributed by atoms with van der Waals surface area (Å²) in [5.41, 5.74) is 10.7. The van der Waals surface area contributed by atoms with Gasteiger partial charge in [-0.05, 0) is 113 Å². The van der Waals surface area contributed by atoms with Crippen molar-refractivity contribution in [3.05, 3.63) is 201 Å². The van der Waals surface area contributed by atoms with Gasteiger partial charge in [-0.15, -0.1) is 0 Å². The number of fused-ring (bicyclic) bond motifs is 6. The highest BCUT2D eigenvalue weighted by atomic mass is 16.3. The monoisotopic (exact) mass is 692 g/mol. The van der Waals surface area contributed by atoms with Crippen LogP contribution in [-0.2, 0) is 7.05 Å². The molecule has 0 saturated heterocycles. The van der Waals surface area contributed by atoms with Crippen molar-refractivity contribution in [1.29, 1.82) is 0 Å².